The lowest BCUT2D eigenvalue weighted by molar-refractivity contribution is 0.102. The van der Waals surface area contributed by atoms with E-state index < -0.39 is 5.91 Å². The van der Waals surface area contributed by atoms with Crippen LogP contribution >= 0.6 is 0 Å². The number of amides is 1. The van der Waals surface area contributed by atoms with Gasteiger partial charge in [-0.15, -0.1) is 0 Å². The van der Waals surface area contributed by atoms with Crippen molar-refractivity contribution in [3.05, 3.63) is 48.2 Å². The molecule has 4 atom stereocenters. The number of pyridine rings is 1. The Balaban J connectivity index is 1.37. The van der Waals surface area contributed by atoms with E-state index in [1.165, 1.54) is 12.3 Å². The molecule has 11 N–H and O–H groups in total. The molecule has 4 heterocycles. The van der Waals surface area contributed by atoms with Gasteiger partial charge in [0, 0.05) is 67.9 Å². The number of aromatic hydroxyl groups is 1. The van der Waals surface area contributed by atoms with Crippen LogP contribution in [0.4, 0.5) is 29.2 Å². The number of hydrogen-bond acceptors (Lipinski definition) is 13. The first-order valence-electron chi connectivity index (χ1n) is 12.8. The van der Waals surface area contributed by atoms with Gasteiger partial charge in [0.1, 0.15) is 5.56 Å². The molecule has 206 valence electrons. The van der Waals surface area contributed by atoms with Gasteiger partial charge in [-0.05, 0) is 49.2 Å². The smallest absolute Gasteiger partial charge is 0.261 e. The minimum atomic E-state index is -0.469. The average Bonchev–Trinajstić information content (AvgIpc) is 2.89. The highest BCUT2D eigenvalue weighted by Crippen LogP contribution is 2.25. The van der Waals surface area contributed by atoms with Crippen molar-refractivity contribution >= 4 is 35.1 Å². The van der Waals surface area contributed by atoms with Crippen LogP contribution in [0.5, 0.6) is 5.88 Å². The molecule has 3 aromatic rings. The van der Waals surface area contributed by atoms with Crippen LogP contribution in [0, 0.1) is 0 Å². The third kappa shape index (κ3) is 6.49. The van der Waals surface area contributed by atoms with Crippen LogP contribution < -0.4 is 43.4 Å². The van der Waals surface area contributed by atoms with Crippen LogP contribution in [0.2, 0.25) is 0 Å². The van der Waals surface area contributed by atoms with Gasteiger partial charge in [-0.2, -0.15) is 15.0 Å². The summed E-state index contributed by atoms with van der Waals surface area (Å²) in [4.78, 5) is 34.2. The third-order valence-electron chi connectivity index (χ3n) is 6.64. The highest BCUT2D eigenvalue weighted by atomic mass is 16.3. The maximum Gasteiger partial charge on any atom is 0.261 e. The van der Waals surface area contributed by atoms with Crippen molar-refractivity contribution in [2.75, 3.05) is 46.6 Å². The SMILES string of the molecule is N[C@@H]1C[C@H](N)CN(c2nc(Nc3ccc(NC(=O)c4cccnc4O)cc3)nc(N3C[C@H](N)C[C@H](N)C3)n2)C1. The molecule has 1 amide bonds. The lowest BCUT2D eigenvalue weighted by Gasteiger charge is -2.37. The Morgan fingerprint density at radius 2 is 1.31 bits per heavy atom. The summed E-state index contributed by atoms with van der Waals surface area (Å²) >= 11 is 0. The molecular formula is C25H34N12O2. The van der Waals surface area contributed by atoms with Crippen LogP contribution in [0.25, 0.3) is 0 Å². The molecule has 14 nitrogen and oxygen atoms in total. The second-order valence-corrected chi connectivity index (χ2v) is 10.1. The molecule has 0 spiro atoms. The Labute approximate surface area is 225 Å². The Morgan fingerprint density at radius 3 is 1.82 bits per heavy atom. The monoisotopic (exact) mass is 534 g/mol. The average molecular weight is 535 g/mol. The Hall–Kier alpha value is -4.11. The van der Waals surface area contributed by atoms with E-state index in [0.717, 1.165) is 12.8 Å². The van der Waals surface area contributed by atoms with Crippen molar-refractivity contribution in [1.29, 1.82) is 0 Å². The molecular weight excluding hydrogens is 500 g/mol. The molecule has 14 heteroatoms. The number of benzene rings is 1. The molecule has 2 aliphatic rings. The zero-order valence-electron chi connectivity index (χ0n) is 21.4. The Kier molecular flexibility index (Phi) is 7.70. The number of nitrogens with zero attached hydrogens (tertiary/aromatic N) is 6. The largest absolute Gasteiger partial charge is 0.493 e. The van der Waals surface area contributed by atoms with Crippen LogP contribution in [0.15, 0.2) is 42.6 Å². The molecule has 2 aromatic heterocycles. The van der Waals surface area contributed by atoms with E-state index in [-0.39, 0.29) is 35.6 Å². The van der Waals surface area contributed by atoms with Crippen LogP contribution in [-0.4, -0.2) is 81.3 Å². The van der Waals surface area contributed by atoms with Gasteiger partial charge >= 0.3 is 0 Å². The predicted molar refractivity (Wildman–Crippen MR) is 149 cm³/mol. The van der Waals surface area contributed by atoms with E-state index in [2.05, 4.69) is 25.6 Å². The van der Waals surface area contributed by atoms with Gasteiger partial charge in [-0.1, -0.05) is 0 Å². The zero-order chi connectivity index (χ0) is 27.5. The molecule has 0 radical (unpaired) electrons. The van der Waals surface area contributed by atoms with Crippen molar-refractivity contribution in [3.63, 3.8) is 0 Å². The lowest BCUT2D eigenvalue weighted by atomic mass is 10.0. The number of aromatic nitrogens is 4. The number of anilines is 5. The summed E-state index contributed by atoms with van der Waals surface area (Å²) in [6, 6.07) is 9.74. The Bertz CT molecular complexity index is 1240. The number of rotatable bonds is 6. The minimum absolute atomic E-state index is 0.0826. The van der Waals surface area contributed by atoms with Crippen molar-refractivity contribution in [1.82, 2.24) is 19.9 Å². The fraction of sp³-hybridized carbons (Fsp3) is 0.400. The fourth-order valence-corrected chi connectivity index (χ4v) is 4.92. The van der Waals surface area contributed by atoms with Crippen LogP contribution in [0.1, 0.15) is 23.2 Å². The zero-order valence-corrected chi connectivity index (χ0v) is 21.4. The van der Waals surface area contributed by atoms with Crippen LogP contribution in [0.3, 0.4) is 0 Å². The van der Waals surface area contributed by atoms with E-state index in [1.54, 1.807) is 30.3 Å². The number of piperidine rings is 2. The molecule has 0 bridgehead atoms. The third-order valence-corrected chi connectivity index (χ3v) is 6.64. The normalized spacial score (nSPS) is 23.4. The van der Waals surface area contributed by atoms with Gasteiger partial charge in [0.15, 0.2) is 0 Å². The maximum absolute atomic E-state index is 12.5. The lowest BCUT2D eigenvalue weighted by Crippen LogP contribution is -2.54. The highest BCUT2D eigenvalue weighted by molar-refractivity contribution is 6.05. The molecule has 2 fully saturated rings. The first-order chi connectivity index (χ1) is 18.7. The summed E-state index contributed by atoms with van der Waals surface area (Å²) < 4.78 is 0. The van der Waals surface area contributed by atoms with Crippen molar-refractivity contribution in [3.8, 4) is 5.88 Å². The molecule has 1 aromatic carbocycles. The number of nitrogens with two attached hydrogens (primary N) is 4. The van der Waals surface area contributed by atoms with E-state index in [0.29, 0.717) is 55.4 Å². The van der Waals surface area contributed by atoms with Gasteiger partial charge in [0.05, 0.1) is 0 Å². The molecule has 0 saturated carbocycles. The van der Waals surface area contributed by atoms with Crippen molar-refractivity contribution in [2.24, 2.45) is 22.9 Å². The summed E-state index contributed by atoms with van der Waals surface area (Å²) in [5.41, 5.74) is 26.2. The number of carbonyl (C=O) groups is 1. The summed E-state index contributed by atoms with van der Waals surface area (Å²) in [7, 11) is 0. The van der Waals surface area contributed by atoms with Crippen molar-refractivity contribution < 1.29 is 9.90 Å². The molecule has 5 rings (SSSR count). The van der Waals surface area contributed by atoms with Gasteiger partial charge in [-0.3, -0.25) is 4.79 Å². The number of hydrogen-bond donors (Lipinski definition) is 7. The van der Waals surface area contributed by atoms with Gasteiger partial charge < -0.3 is 48.5 Å². The summed E-state index contributed by atoms with van der Waals surface area (Å²) in [6.07, 6.45) is 2.88. The summed E-state index contributed by atoms with van der Waals surface area (Å²) in [6.45, 7) is 2.32. The van der Waals surface area contributed by atoms with Gasteiger partial charge in [0.25, 0.3) is 5.91 Å². The molecule has 2 aliphatic heterocycles. The predicted octanol–water partition coefficient (Wildman–Crippen LogP) is -0.302. The molecule has 2 saturated heterocycles. The van der Waals surface area contributed by atoms with Gasteiger partial charge in [-0.25, -0.2) is 4.98 Å². The second-order valence-electron chi connectivity index (χ2n) is 10.1. The first kappa shape index (κ1) is 26.5. The standard InChI is InChI=1S/C25H34N12O2/c26-14-8-15(27)11-36(10-14)24-33-23(34-25(35-24)37-12-16(28)9-17(29)13-37)32-19-5-3-18(4-6-19)31-22(39)20-2-1-7-30-21(20)38/h1-7,14-17H,8-13,26-29H2,(H,30,38)(H,31,39)(H,32,33,34,35)/t14-,15+,16-,17+. The summed E-state index contributed by atoms with van der Waals surface area (Å²) in [5.74, 6) is 0.486. The summed E-state index contributed by atoms with van der Waals surface area (Å²) in [5, 5.41) is 15.8. The van der Waals surface area contributed by atoms with Crippen LogP contribution in [-0.2, 0) is 0 Å². The molecule has 39 heavy (non-hydrogen) atoms. The highest BCUT2D eigenvalue weighted by Gasteiger charge is 2.28. The fourth-order valence-electron chi connectivity index (χ4n) is 4.92. The Morgan fingerprint density at radius 1 is 0.795 bits per heavy atom. The maximum atomic E-state index is 12.5. The quantitative estimate of drug-likeness (QED) is 0.216. The topological polar surface area (TPSA) is 223 Å². The minimum Gasteiger partial charge on any atom is -0.493 e. The van der Waals surface area contributed by atoms with E-state index in [9.17, 15) is 9.90 Å². The molecule has 0 unspecified atom stereocenters. The number of carbonyl (C=O) groups excluding carboxylic acids is 1. The first-order valence-corrected chi connectivity index (χ1v) is 12.8. The molecule has 0 aliphatic carbocycles. The van der Waals surface area contributed by atoms with E-state index in [1.807, 2.05) is 9.80 Å². The van der Waals surface area contributed by atoms with Gasteiger partial charge in [0.2, 0.25) is 23.7 Å². The number of nitrogens with one attached hydrogen (secondary N) is 2. The van der Waals surface area contributed by atoms with E-state index in [4.69, 9.17) is 27.9 Å². The second kappa shape index (κ2) is 11.3. The van der Waals surface area contributed by atoms with Crippen molar-refractivity contribution in [2.45, 2.75) is 37.0 Å². The van der Waals surface area contributed by atoms with E-state index >= 15 is 0 Å².